The molecule has 3 heteroatoms. The summed E-state index contributed by atoms with van der Waals surface area (Å²) in [5.41, 5.74) is 6.56. The van der Waals surface area contributed by atoms with Gasteiger partial charge >= 0.3 is 0 Å². The fourth-order valence-corrected chi connectivity index (χ4v) is 3.85. The molecule has 0 unspecified atom stereocenters. The van der Waals surface area contributed by atoms with Gasteiger partial charge in [-0.1, -0.05) is 25.7 Å². The van der Waals surface area contributed by atoms with Crippen molar-refractivity contribution in [1.29, 1.82) is 0 Å². The van der Waals surface area contributed by atoms with Crippen LogP contribution in [-0.2, 0) is 4.74 Å². The molecule has 0 spiro atoms. The second kappa shape index (κ2) is 7.61. The summed E-state index contributed by atoms with van der Waals surface area (Å²) in [4.78, 5) is 2.65. The maximum atomic E-state index is 6.15. The van der Waals surface area contributed by atoms with Crippen molar-refractivity contribution in [3.8, 4) is 0 Å². The van der Waals surface area contributed by atoms with E-state index in [-0.39, 0.29) is 0 Å². The zero-order chi connectivity index (χ0) is 13.6. The number of nitrogens with zero attached hydrogens (tertiary/aromatic N) is 1. The van der Waals surface area contributed by atoms with Crippen molar-refractivity contribution in [1.82, 2.24) is 4.90 Å². The lowest BCUT2D eigenvalue weighted by atomic mass is 9.79. The van der Waals surface area contributed by atoms with Crippen LogP contribution >= 0.6 is 0 Å². The highest BCUT2D eigenvalue weighted by atomic mass is 16.5. The van der Waals surface area contributed by atoms with Crippen LogP contribution in [-0.4, -0.2) is 43.8 Å². The highest BCUT2D eigenvalue weighted by Gasteiger charge is 2.32. The van der Waals surface area contributed by atoms with E-state index in [0.717, 1.165) is 13.2 Å². The van der Waals surface area contributed by atoms with E-state index in [4.69, 9.17) is 10.5 Å². The SMILES string of the molecule is CCOC1CCN(CC2(CN)CCCCCC2)CC1. The molecule has 0 radical (unpaired) electrons. The van der Waals surface area contributed by atoms with Crippen molar-refractivity contribution in [3.63, 3.8) is 0 Å². The molecular weight excluding hydrogens is 236 g/mol. The Kier molecular flexibility index (Phi) is 6.11. The van der Waals surface area contributed by atoms with Gasteiger partial charge in [0.25, 0.3) is 0 Å². The van der Waals surface area contributed by atoms with Crippen molar-refractivity contribution in [3.05, 3.63) is 0 Å². The van der Waals surface area contributed by atoms with Gasteiger partial charge in [-0.15, -0.1) is 0 Å². The molecule has 0 aromatic carbocycles. The zero-order valence-electron chi connectivity index (χ0n) is 12.7. The van der Waals surface area contributed by atoms with E-state index in [1.807, 2.05) is 0 Å². The molecule has 1 heterocycles. The summed E-state index contributed by atoms with van der Waals surface area (Å²) < 4.78 is 5.74. The second-order valence-electron chi connectivity index (χ2n) is 6.55. The van der Waals surface area contributed by atoms with Crippen LogP contribution in [0.4, 0.5) is 0 Å². The molecule has 1 saturated heterocycles. The summed E-state index contributed by atoms with van der Waals surface area (Å²) in [5.74, 6) is 0. The number of likely N-dealkylation sites (tertiary alicyclic amines) is 1. The van der Waals surface area contributed by atoms with Crippen LogP contribution in [0.2, 0.25) is 0 Å². The van der Waals surface area contributed by atoms with Gasteiger partial charge in [0.15, 0.2) is 0 Å². The average molecular weight is 268 g/mol. The van der Waals surface area contributed by atoms with Crippen LogP contribution in [0.3, 0.4) is 0 Å². The summed E-state index contributed by atoms with van der Waals surface area (Å²) in [7, 11) is 0. The van der Waals surface area contributed by atoms with Gasteiger partial charge in [-0.2, -0.15) is 0 Å². The monoisotopic (exact) mass is 268 g/mol. The Hall–Kier alpha value is -0.120. The Bertz CT molecular complexity index is 241. The number of nitrogens with two attached hydrogens (primary N) is 1. The molecule has 0 amide bonds. The van der Waals surface area contributed by atoms with Crippen molar-refractivity contribution < 1.29 is 4.74 Å². The Labute approximate surface area is 118 Å². The smallest absolute Gasteiger partial charge is 0.0599 e. The summed E-state index contributed by atoms with van der Waals surface area (Å²) >= 11 is 0. The lowest BCUT2D eigenvalue weighted by Gasteiger charge is -2.40. The molecule has 1 aliphatic carbocycles. The van der Waals surface area contributed by atoms with Crippen molar-refractivity contribution in [2.75, 3.05) is 32.8 Å². The van der Waals surface area contributed by atoms with E-state index in [0.29, 0.717) is 11.5 Å². The fourth-order valence-electron chi connectivity index (χ4n) is 3.85. The van der Waals surface area contributed by atoms with Gasteiger partial charge in [0.1, 0.15) is 0 Å². The lowest BCUT2D eigenvalue weighted by molar-refractivity contribution is 0.00288. The molecule has 2 fully saturated rings. The summed E-state index contributed by atoms with van der Waals surface area (Å²) in [6.45, 7) is 7.46. The van der Waals surface area contributed by atoms with Crippen LogP contribution in [0.1, 0.15) is 58.3 Å². The van der Waals surface area contributed by atoms with Crippen molar-refractivity contribution in [2.24, 2.45) is 11.1 Å². The minimum Gasteiger partial charge on any atom is -0.378 e. The standard InChI is InChI=1S/C16H32N2O/c1-2-19-15-7-11-18(12-8-15)14-16(13-17)9-5-3-4-6-10-16/h15H,2-14,17H2,1H3. The van der Waals surface area contributed by atoms with E-state index >= 15 is 0 Å². The van der Waals surface area contributed by atoms with Gasteiger partial charge in [0.2, 0.25) is 0 Å². The topological polar surface area (TPSA) is 38.5 Å². The molecule has 2 rings (SSSR count). The normalized spacial score (nSPS) is 26.2. The number of hydrogen-bond donors (Lipinski definition) is 1. The van der Waals surface area contributed by atoms with Crippen molar-refractivity contribution in [2.45, 2.75) is 64.4 Å². The molecule has 3 nitrogen and oxygen atoms in total. The van der Waals surface area contributed by atoms with E-state index in [1.165, 1.54) is 71.0 Å². The second-order valence-corrected chi connectivity index (χ2v) is 6.55. The first-order valence-electron chi connectivity index (χ1n) is 8.32. The summed E-state index contributed by atoms with van der Waals surface area (Å²) in [6.07, 6.45) is 11.2. The van der Waals surface area contributed by atoms with E-state index in [2.05, 4.69) is 11.8 Å². The molecular formula is C16H32N2O. The fraction of sp³-hybridized carbons (Fsp3) is 1.00. The number of ether oxygens (including phenoxy) is 1. The van der Waals surface area contributed by atoms with Gasteiger partial charge in [-0.05, 0) is 44.6 Å². The van der Waals surface area contributed by atoms with Gasteiger partial charge in [0.05, 0.1) is 6.10 Å². The Morgan fingerprint density at radius 3 is 2.26 bits per heavy atom. The number of rotatable bonds is 5. The van der Waals surface area contributed by atoms with E-state index in [9.17, 15) is 0 Å². The Balaban J connectivity index is 1.82. The molecule has 112 valence electrons. The molecule has 2 aliphatic rings. The maximum absolute atomic E-state index is 6.15. The number of piperidine rings is 1. The molecule has 0 aromatic heterocycles. The predicted octanol–water partition coefficient (Wildman–Crippen LogP) is 2.79. The third-order valence-corrected chi connectivity index (χ3v) is 5.09. The molecule has 2 N–H and O–H groups in total. The summed E-state index contributed by atoms with van der Waals surface area (Å²) in [5, 5.41) is 0. The van der Waals surface area contributed by atoms with Crippen molar-refractivity contribution >= 4 is 0 Å². The largest absolute Gasteiger partial charge is 0.378 e. The van der Waals surface area contributed by atoms with Crippen LogP contribution in [0, 0.1) is 5.41 Å². The van der Waals surface area contributed by atoms with E-state index in [1.54, 1.807) is 0 Å². The predicted molar refractivity (Wildman–Crippen MR) is 80.3 cm³/mol. The zero-order valence-corrected chi connectivity index (χ0v) is 12.7. The van der Waals surface area contributed by atoms with Crippen LogP contribution < -0.4 is 5.73 Å². The van der Waals surface area contributed by atoms with Crippen LogP contribution in [0.5, 0.6) is 0 Å². The Morgan fingerprint density at radius 1 is 1.11 bits per heavy atom. The minimum atomic E-state index is 0.412. The molecule has 0 atom stereocenters. The average Bonchev–Trinajstić information content (AvgIpc) is 2.68. The third-order valence-electron chi connectivity index (χ3n) is 5.09. The van der Waals surface area contributed by atoms with Crippen LogP contribution in [0.25, 0.3) is 0 Å². The quantitative estimate of drug-likeness (QED) is 0.779. The third kappa shape index (κ3) is 4.44. The van der Waals surface area contributed by atoms with Gasteiger partial charge in [-0.25, -0.2) is 0 Å². The van der Waals surface area contributed by atoms with Gasteiger partial charge < -0.3 is 15.4 Å². The van der Waals surface area contributed by atoms with Crippen LogP contribution in [0.15, 0.2) is 0 Å². The Morgan fingerprint density at radius 2 is 1.74 bits per heavy atom. The first-order valence-corrected chi connectivity index (χ1v) is 8.32. The lowest BCUT2D eigenvalue weighted by Crippen LogP contribution is -2.46. The van der Waals surface area contributed by atoms with Gasteiger partial charge in [0, 0.05) is 26.2 Å². The summed E-state index contributed by atoms with van der Waals surface area (Å²) in [6, 6.07) is 0. The molecule has 1 aliphatic heterocycles. The minimum absolute atomic E-state index is 0.412. The van der Waals surface area contributed by atoms with Gasteiger partial charge in [-0.3, -0.25) is 0 Å². The molecule has 19 heavy (non-hydrogen) atoms. The van der Waals surface area contributed by atoms with E-state index < -0.39 is 0 Å². The first kappa shape index (κ1) is 15.3. The highest BCUT2D eigenvalue weighted by molar-refractivity contribution is 4.87. The number of hydrogen-bond acceptors (Lipinski definition) is 3. The molecule has 1 saturated carbocycles. The molecule has 0 aromatic rings. The maximum Gasteiger partial charge on any atom is 0.0599 e. The highest BCUT2D eigenvalue weighted by Crippen LogP contribution is 2.35. The first-order chi connectivity index (χ1) is 9.28. The molecule has 0 bridgehead atoms.